The van der Waals surface area contributed by atoms with E-state index in [9.17, 15) is 63.1 Å². The van der Waals surface area contributed by atoms with Crippen molar-refractivity contribution < 1.29 is 63.1 Å². The molecule has 0 aromatic carbocycles. The van der Waals surface area contributed by atoms with Gasteiger partial charge in [-0.25, -0.2) is 39.5 Å². The number of Topliss-reactive ketones (excluding diaryl/α,β-unsaturated/α-hetero) is 4. The van der Waals surface area contributed by atoms with Gasteiger partial charge < -0.3 is 0 Å². The van der Waals surface area contributed by atoms with E-state index in [4.69, 9.17) is 0 Å². The zero-order valence-corrected chi connectivity index (χ0v) is 27.1. The Hall–Kier alpha value is -3.79. The molecule has 1 aromatic rings. The molecule has 1 unspecified atom stereocenters. The summed E-state index contributed by atoms with van der Waals surface area (Å²) in [5.74, 6) is -19.0. The Morgan fingerprint density at radius 1 is 0.957 bits per heavy atom. The number of allylic oxidation sites excluding steroid dienone is 11. The molecule has 1 aromatic heterocycles. The van der Waals surface area contributed by atoms with E-state index < -0.39 is 93.7 Å². The van der Waals surface area contributed by atoms with E-state index in [1.165, 1.54) is 6.92 Å². The first-order valence-corrected chi connectivity index (χ1v) is 14.8. The third kappa shape index (κ3) is 10.6. The molecule has 258 valence electrons. The first-order chi connectivity index (χ1) is 22.0. The molecule has 1 atom stereocenters. The molecule has 0 bridgehead atoms. The number of hydrogen-bond acceptors (Lipinski definition) is 6. The lowest BCUT2D eigenvalue weighted by molar-refractivity contribution is -0.112. The van der Waals surface area contributed by atoms with Crippen molar-refractivity contribution in [2.24, 2.45) is 0 Å². The second-order valence-electron chi connectivity index (χ2n) is 8.50. The lowest BCUT2D eigenvalue weighted by Crippen LogP contribution is -2.22. The Morgan fingerprint density at radius 2 is 1.51 bits per heavy atom. The van der Waals surface area contributed by atoms with Gasteiger partial charge in [-0.05, 0) is 25.5 Å². The third-order valence-electron chi connectivity index (χ3n) is 5.61. The number of halogens is 10. The molecule has 0 saturated heterocycles. The summed E-state index contributed by atoms with van der Waals surface area (Å²) < 4.78 is 130. The van der Waals surface area contributed by atoms with Crippen molar-refractivity contribution in [1.82, 2.24) is 0 Å². The topological polar surface area (TPSA) is 68.3 Å². The van der Waals surface area contributed by atoms with Gasteiger partial charge in [0, 0.05) is 21.6 Å². The number of rotatable bonds is 13. The maximum absolute atomic E-state index is 14.3. The highest BCUT2D eigenvalue weighted by atomic mass is 32.2. The Labute approximate surface area is 272 Å². The average Bonchev–Trinajstić information content (AvgIpc) is 3.52. The number of ketones is 4. The van der Waals surface area contributed by atoms with Crippen LogP contribution in [0.3, 0.4) is 0 Å². The molecule has 1 aliphatic rings. The smallest absolute Gasteiger partial charge is 0.234 e. The van der Waals surface area contributed by atoms with Gasteiger partial charge in [-0.1, -0.05) is 45.7 Å². The van der Waals surface area contributed by atoms with E-state index in [-0.39, 0.29) is 38.3 Å². The fraction of sp³-hybridized carbons (Fsp3) is 0.290. The summed E-state index contributed by atoms with van der Waals surface area (Å²) in [6, 6.07) is 0.918. The summed E-state index contributed by atoms with van der Waals surface area (Å²) in [5, 5.41) is 0. The van der Waals surface area contributed by atoms with Gasteiger partial charge in [0.25, 0.3) is 0 Å². The number of alkyl halides is 3. The fourth-order valence-corrected chi connectivity index (χ4v) is 5.76. The van der Waals surface area contributed by atoms with Gasteiger partial charge in [-0.3, -0.25) is 23.6 Å². The molecule has 0 aliphatic heterocycles. The number of carbonyl (C=O) groups is 4. The van der Waals surface area contributed by atoms with Crippen molar-refractivity contribution >= 4 is 51.1 Å². The Kier molecular flexibility index (Phi) is 18.2. The van der Waals surface area contributed by atoms with Crippen LogP contribution in [0.4, 0.5) is 43.9 Å². The first-order valence-electron chi connectivity index (χ1n) is 13.1. The monoisotopic (exact) mass is 718 g/mol. The number of carbonyl (C=O) groups excluding carboxylic acids is 4. The zero-order valence-electron chi connectivity index (χ0n) is 25.5. The summed E-state index contributed by atoms with van der Waals surface area (Å²) in [4.78, 5) is 49.7. The van der Waals surface area contributed by atoms with Crippen LogP contribution in [0.25, 0.3) is 4.91 Å². The molecule has 0 N–H and O–H groups in total. The Morgan fingerprint density at radius 3 is 2.00 bits per heavy atom. The van der Waals surface area contributed by atoms with E-state index in [0.717, 1.165) is 13.0 Å². The summed E-state index contributed by atoms with van der Waals surface area (Å²) >= 11 is 0.970. The van der Waals surface area contributed by atoms with Gasteiger partial charge in [0.1, 0.15) is 12.5 Å². The molecule has 47 heavy (non-hydrogen) atoms. The lowest BCUT2D eigenvalue weighted by Gasteiger charge is -2.18. The van der Waals surface area contributed by atoms with Gasteiger partial charge in [0.15, 0.2) is 52.7 Å². The fourth-order valence-electron chi connectivity index (χ4n) is 3.40. The quantitative estimate of drug-likeness (QED) is 0.0668. The summed E-state index contributed by atoms with van der Waals surface area (Å²) in [5.41, 5.74) is -1.54. The van der Waals surface area contributed by atoms with Crippen LogP contribution in [0.5, 0.6) is 0 Å². The minimum absolute atomic E-state index is 0.0662. The van der Waals surface area contributed by atoms with E-state index >= 15 is 0 Å². The first kappa shape index (κ1) is 43.2. The molecule has 1 aliphatic carbocycles. The number of hydrogen-bond donors (Lipinski definition) is 0. The highest BCUT2D eigenvalue weighted by Gasteiger charge is 2.36. The molecule has 0 saturated carbocycles. The number of thiophene rings is 1. The van der Waals surface area contributed by atoms with Crippen LogP contribution < -0.4 is 0 Å². The molecule has 4 nitrogen and oxygen atoms in total. The van der Waals surface area contributed by atoms with Gasteiger partial charge in [-0.15, -0.1) is 11.3 Å². The van der Waals surface area contributed by atoms with Gasteiger partial charge in [0.05, 0.1) is 28.3 Å². The van der Waals surface area contributed by atoms with Crippen LogP contribution in [0.15, 0.2) is 82.1 Å². The molecular weight excluding hydrogens is 690 g/mol. The Balaban J connectivity index is 0.00000508. The molecule has 2 rings (SSSR count). The van der Waals surface area contributed by atoms with Crippen LogP contribution in [0, 0.1) is 0 Å². The van der Waals surface area contributed by atoms with Crippen LogP contribution in [-0.2, 0) is 9.59 Å². The molecule has 0 amide bonds. The second kappa shape index (κ2) is 19.8. The molecule has 1 heterocycles. The van der Waals surface area contributed by atoms with Crippen molar-refractivity contribution in [2.75, 3.05) is 13.9 Å². The standard InChI is InChI=1S/C28H19F9O4S2.C2H6.CH3F/c1-5-14-25(40)26(41)15-8-19(18(38)7-13(31)6-16(32)22(36)17(33)9-29)43-28(15)27(14)42-12(4)24(39)10(2)20(34)23(37)21(35)11(3)30;2*1-2/h6,8,16H,3-5,7,9H2,1-2H3;1-2H3;1H3/b13-6?,20-10-,22-17-,23-21-;;. The normalized spacial score (nSPS) is 15.2. The minimum Gasteiger partial charge on any atom is -0.293 e. The molecule has 0 fully saturated rings. The predicted molar refractivity (Wildman–Crippen MR) is 163 cm³/mol. The SMILES string of the molecule is C=C(SC1=C(CC)C(=O)C(=O)c2cc(C(=O)CC(F)=CC(F)/C(F)=C(/F)CF)sc21)C(=O)/C(C)=C(F)/C(F)=C(/F)C(=C)F.CC.CF. The van der Waals surface area contributed by atoms with E-state index in [1.54, 1.807) is 0 Å². The largest absolute Gasteiger partial charge is 0.293 e. The minimum atomic E-state index is -3.03. The van der Waals surface area contributed by atoms with Crippen molar-refractivity contribution in [3.8, 4) is 0 Å². The van der Waals surface area contributed by atoms with Crippen LogP contribution in [0.2, 0.25) is 0 Å². The molecule has 0 radical (unpaired) electrons. The van der Waals surface area contributed by atoms with Crippen molar-refractivity contribution in [2.45, 2.75) is 46.7 Å². The second-order valence-corrected chi connectivity index (χ2v) is 10.7. The van der Waals surface area contributed by atoms with Crippen LogP contribution in [0.1, 0.15) is 65.4 Å². The van der Waals surface area contributed by atoms with Crippen LogP contribution in [-0.4, -0.2) is 43.2 Å². The zero-order chi connectivity index (χ0) is 36.9. The number of thioether (sulfide) groups is 1. The van der Waals surface area contributed by atoms with Gasteiger partial charge in [-0.2, -0.15) is 0 Å². The highest BCUT2D eigenvalue weighted by Crippen LogP contribution is 2.46. The predicted octanol–water partition coefficient (Wildman–Crippen LogP) is 10.8. The summed E-state index contributed by atoms with van der Waals surface area (Å²) in [6.07, 6.45) is -4.42. The summed E-state index contributed by atoms with van der Waals surface area (Å²) in [7, 11) is 0.500. The van der Waals surface area contributed by atoms with Crippen LogP contribution >= 0.6 is 23.1 Å². The van der Waals surface area contributed by atoms with Crippen molar-refractivity contribution in [3.63, 3.8) is 0 Å². The van der Waals surface area contributed by atoms with E-state index in [1.807, 2.05) is 13.8 Å². The lowest BCUT2D eigenvalue weighted by atomic mass is 9.93. The molecule has 16 heteroatoms. The summed E-state index contributed by atoms with van der Waals surface area (Å²) in [6.45, 7) is 10.1. The van der Waals surface area contributed by atoms with E-state index in [2.05, 4.69) is 13.2 Å². The average molecular weight is 719 g/mol. The van der Waals surface area contributed by atoms with Gasteiger partial charge in [0.2, 0.25) is 11.6 Å². The van der Waals surface area contributed by atoms with Crippen molar-refractivity contribution in [1.29, 1.82) is 0 Å². The third-order valence-corrected chi connectivity index (χ3v) is 8.02. The maximum atomic E-state index is 14.3. The maximum Gasteiger partial charge on any atom is 0.234 e. The highest BCUT2D eigenvalue weighted by molar-refractivity contribution is 8.12. The Bertz CT molecular complexity index is 1600. The van der Waals surface area contributed by atoms with Gasteiger partial charge >= 0.3 is 0 Å². The molecule has 0 spiro atoms. The molecular formula is C31H28F10O4S2. The van der Waals surface area contributed by atoms with E-state index in [0.29, 0.717) is 30.3 Å². The van der Waals surface area contributed by atoms with Crippen molar-refractivity contribution in [3.05, 3.63) is 97.5 Å². The number of fused-ring (bicyclic) bond motifs is 1.